The van der Waals surface area contributed by atoms with Crippen molar-refractivity contribution in [3.63, 3.8) is 0 Å². The molecular formula is C15H21BClFN6O4. The first-order valence-corrected chi connectivity index (χ1v) is 8.94. The minimum Gasteiger partial charge on any atom is -0.402 e. The Bertz CT molecular complexity index is 781. The van der Waals surface area contributed by atoms with E-state index in [9.17, 15) is 9.18 Å². The van der Waals surface area contributed by atoms with Crippen LogP contribution in [0.4, 0.5) is 4.39 Å². The van der Waals surface area contributed by atoms with Gasteiger partial charge in [0.25, 0.3) is 0 Å². The summed E-state index contributed by atoms with van der Waals surface area (Å²) in [5.41, 5.74) is 6.37. The average Bonchev–Trinajstić information content (AvgIpc) is 3.08. The van der Waals surface area contributed by atoms with Crippen molar-refractivity contribution in [2.24, 2.45) is 5.73 Å². The molecule has 10 nitrogen and oxygen atoms in total. The van der Waals surface area contributed by atoms with Crippen LogP contribution in [0.2, 0.25) is 5.02 Å². The van der Waals surface area contributed by atoms with Gasteiger partial charge in [-0.3, -0.25) is 4.79 Å². The Kier molecular flexibility index (Phi) is 8.73. The normalized spacial score (nSPS) is 12.0. The number of nitrogens with zero attached hydrogens (tertiary/aromatic N) is 4. The fraction of sp³-hybridized carbons (Fsp3) is 0.467. The van der Waals surface area contributed by atoms with Crippen molar-refractivity contribution < 1.29 is 23.9 Å². The Morgan fingerprint density at radius 1 is 1.43 bits per heavy atom. The minimum absolute atomic E-state index is 0.00204. The maximum atomic E-state index is 13.7. The van der Waals surface area contributed by atoms with Crippen LogP contribution in [-0.4, -0.2) is 50.1 Å². The Morgan fingerprint density at radius 2 is 2.21 bits per heavy atom. The summed E-state index contributed by atoms with van der Waals surface area (Å²) in [4.78, 5) is 12.1. The number of amides is 1. The van der Waals surface area contributed by atoms with E-state index in [4.69, 9.17) is 27.4 Å². The molecule has 1 aromatic heterocycles. The molecule has 1 amide bonds. The van der Waals surface area contributed by atoms with E-state index in [1.54, 1.807) is 0 Å². The van der Waals surface area contributed by atoms with Crippen LogP contribution in [0.25, 0.3) is 0 Å². The molecule has 1 unspecified atom stereocenters. The van der Waals surface area contributed by atoms with Gasteiger partial charge in [0.15, 0.2) is 5.82 Å². The molecule has 0 fully saturated rings. The molecule has 0 aliphatic heterocycles. The zero-order valence-corrected chi connectivity index (χ0v) is 15.7. The maximum absolute atomic E-state index is 13.7. The first-order chi connectivity index (χ1) is 13.4. The largest absolute Gasteiger partial charge is 0.633 e. The van der Waals surface area contributed by atoms with E-state index < -0.39 is 25.1 Å². The van der Waals surface area contributed by atoms with E-state index in [0.717, 1.165) is 0 Å². The predicted molar refractivity (Wildman–Crippen MR) is 98.0 cm³/mol. The number of unbranched alkanes of at least 4 members (excludes halogenated alkanes) is 1. The third-order valence-corrected chi connectivity index (χ3v) is 4.09. The average molecular weight is 415 g/mol. The Hall–Kier alpha value is -2.12. The van der Waals surface area contributed by atoms with Crippen LogP contribution in [-0.2, 0) is 22.5 Å². The molecule has 2 aromatic rings. The highest BCUT2D eigenvalue weighted by atomic mass is 35.5. The Labute approximate surface area is 166 Å². The monoisotopic (exact) mass is 414 g/mol. The lowest BCUT2D eigenvalue weighted by atomic mass is 10.1. The summed E-state index contributed by atoms with van der Waals surface area (Å²) in [6.07, 6.45) is 1.73. The topological polar surface area (TPSA) is 148 Å². The van der Waals surface area contributed by atoms with E-state index in [-0.39, 0.29) is 24.7 Å². The summed E-state index contributed by atoms with van der Waals surface area (Å²) in [6.45, 7) is 0.0199. The fourth-order valence-electron chi connectivity index (χ4n) is 2.42. The minimum atomic E-state index is -1.79. The van der Waals surface area contributed by atoms with Gasteiger partial charge in [0.1, 0.15) is 12.4 Å². The Morgan fingerprint density at radius 3 is 2.93 bits per heavy atom. The summed E-state index contributed by atoms with van der Waals surface area (Å²) in [7, 11) is -1.79. The summed E-state index contributed by atoms with van der Waals surface area (Å²) in [5, 5.41) is 31.2. The van der Waals surface area contributed by atoms with Gasteiger partial charge in [0.2, 0.25) is 5.91 Å². The highest BCUT2D eigenvalue weighted by Gasteiger charge is 2.17. The highest BCUT2D eigenvalue weighted by molar-refractivity contribution is 6.32. The van der Waals surface area contributed by atoms with Crippen LogP contribution in [0.3, 0.4) is 0 Å². The fourth-order valence-corrected chi connectivity index (χ4v) is 2.58. The molecule has 5 N–H and O–H groups in total. The van der Waals surface area contributed by atoms with Gasteiger partial charge in [-0.05, 0) is 41.8 Å². The van der Waals surface area contributed by atoms with Gasteiger partial charge in [-0.15, -0.1) is 5.10 Å². The quantitative estimate of drug-likeness (QED) is 0.295. The standard InChI is InChI=1S/C15H21BClFN6O4/c17-11-5-4-10(12(18)7-11)8-20-14(25)9-24-15(21-22-23-24)13(19)3-1-2-6-28-16(26)27/h4-5,7,13,26-27H,1-3,6,8-9,19H2,(H,20,25). The molecule has 0 saturated heterocycles. The number of nitrogens with one attached hydrogen (secondary N) is 1. The zero-order chi connectivity index (χ0) is 20.5. The molecule has 0 spiro atoms. The second-order valence-corrected chi connectivity index (χ2v) is 6.44. The SMILES string of the molecule is NC(CCCCOB(O)O)c1nnnn1CC(=O)NCc1ccc(Cl)cc1F. The molecule has 0 saturated carbocycles. The zero-order valence-electron chi connectivity index (χ0n) is 15.0. The van der Waals surface area contributed by atoms with Gasteiger partial charge in [0.05, 0.1) is 6.04 Å². The van der Waals surface area contributed by atoms with Gasteiger partial charge < -0.3 is 25.8 Å². The second-order valence-electron chi connectivity index (χ2n) is 6.01. The van der Waals surface area contributed by atoms with Crippen LogP contribution in [0.5, 0.6) is 0 Å². The van der Waals surface area contributed by atoms with Crippen LogP contribution < -0.4 is 11.1 Å². The third-order valence-electron chi connectivity index (χ3n) is 3.85. The summed E-state index contributed by atoms with van der Waals surface area (Å²) in [5.74, 6) is -0.563. The van der Waals surface area contributed by atoms with Gasteiger partial charge in [-0.1, -0.05) is 17.7 Å². The van der Waals surface area contributed by atoms with Crippen molar-refractivity contribution >= 4 is 24.8 Å². The number of benzene rings is 1. The van der Waals surface area contributed by atoms with Crippen molar-refractivity contribution in [2.45, 2.75) is 38.4 Å². The van der Waals surface area contributed by atoms with Crippen LogP contribution in [0, 0.1) is 5.82 Å². The number of halogens is 2. The highest BCUT2D eigenvalue weighted by Crippen LogP contribution is 2.15. The van der Waals surface area contributed by atoms with E-state index in [0.29, 0.717) is 30.7 Å². The van der Waals surface area contributed by atoms with Crippen molar-refractivity contribution in [3.8, 4) is 0 Å². The number of tetrazole rings is 1. The summed E-state index contributed by atoms with van der Waals surface area (Å²) in [6, 6.07) is 3.70. The van der Waals surface area contributed by atoms with Crippen molar-refractivity contribution in [1.82, 2.24) is 25.5 Å². The second kappa shape index (κ2) is 11.0. The predicted octanol–water partition coefficient (Wildman–Crippen LogP) is -0.0618. The van der Waals surface area contributed by atoms with E-state index >= 15 is 0 Å². The molecule has 1 heterocycles. The lowest BCUT2D eigenvalue weighted by molar-refractivity contribution is -0.122. The van der Waals surface area contributed by atoms with Crippen LogP contribution in [0.1, 0.15) is 36.7 Å². The first kappa shape index (κ1) is 22.2. The van der Waals surface area contributed by atoms with Crippen molar-refractivity contribution in [1.29, 1.82) is 0 Å². The van der Waals surface area contributed by atoms with E-state index in [1.165, 1.54) is 22.9 Å². The molecule has 0 radical (unpaired) electrons. The van der Waals surface area contributed by atoms with Gasteiger partial charge in [-0.25, -0.2) is 9.07 Å². The summed E-state index contributed by atoms with van der Waals surface area (Å²) < 4.78 is 19.6. The molecule has 1 atom stereocenters. The van der Waals surface area contributed by atoms with Crippen LogP contribution >= 0.6 is 11.6 Å². The van der Waals surface area contributed by atoms with Gasteiger partial charge in [0, 0.05) is 23.7 Å². The van der Waals surface area contributed by atoms with Crippen molar-refractivity contribution in [2.75, 3.05) is 6.61 Å². The number of hydrogen-bond donors (Lipinski definition) is 4. The molecule has 13 heteroatoms. The number of rotatable bonds is 11. The molecule has 0 aliphatic carbocycles. The molecular weight excluding hydrogens is 393 g/mol. The molecule has 1 aromatic carbocycles. The summed E-state index contributed by atoms with van der Waals surface area (Å²) >= 11 is 5.70. The number of nitrogens with two attached hydrogens (primary N) is 1. The number of aromatic nitrogens is 4. The smallest absolute Gasteiger partial charge is 0.402 e. The third kappa shape index (κ3) is 7.13. The molecule has 0 aliphatic rings. The molecule has 2 rings (SSSR count). The number of hydrogen-bond acceptors (Lipinski definition) is 8. The van der Waals surface area contributed by atoms with E-state index in [1.807, 2.05) is 0 Å². The van der Waals surface area contributed by atoms with Gasteiger partial charge in [-0.2, -0.15) is 0 Å². The molecule has 28 heavy (non-hydrogen) atoms. The molecule has 152 valence electrons. The van der Waals surface area contributed by atoms with Gasteiger partial charge >= 0.3 is 7.32 Å². The van der Waals surface area contributed by atoms with E-state index in [2.05, 4.69) is 25.5 Å². The Balaban J connectivity index is 1.81. The lowest BCUT2D eigenvalue weighted by Gasteiger charge is -2.12. The maximum Gasteiger partial charge on any atom is 0.633 e. The number of carbonyl (C=O) groups excluding carboxylic acids is 1. The van der Waals surface area contributed by atoms with Crippen molar-refractivity contribution in [3.05, 3.63) is 40.4 Å². The molecule has 0 bridgehead atoms. The first-order valence-electron chi connectivity index (χ1n) is 8.57. The van der Waals surface area contributed by atoms with Crippen LogP contribution in [0.15, 0.2) is 18.2 Å². The lowest BCUT2D eigenvalue weighted by Crippen LogP contribution is -2.30. The number of carbonyl (C=O) groups is 1.